The highest BCUT2D eigenvalue weighted by molar-refractivity contribution is 6.66. The molecule has 2 aromatic carbocycles. The highest BCUT2D eigenvalue weighted by Gasteiger charge is 2.16. The Hall–Kier alpha value is -2.83. The third-order valence-electron chi connectivity index (χ3n) is 6.50. The van der Waals surface area contributed by atoms with Crippen LogP contribution in [0.1, 0.15) is 90.0 Å². The Kier molecular flexibility index (Phi) is 29.8. The highest BCUT2D eigenvalue weighted by Crippen LogP contribution is 2.19. The number of hydrogen-bond acceptors (Lipinski definition) is 2. The molecule has 0 aromatic heterocycles. The Labute approximate surface area is 257 Å². The van der Waals surface area contributed by atoms with Crippen molar-refractivity contribution >= 4 is 12.8 Å². The summed E-state index contributed by atoms with van der Waals surface area (Å²) in [6, 6.07) is 17.1. The number of nitrogens with zero attached hydrogens (tertiary/aromatic N) is 1. The molecule has 228 valence electrons. The van der Waals surface area contributed by atoms with E-state index in [0.29, 0.717) is 17.7 Å². The zero-order chi connectivity index (χ0) is 32.2. The Morgan fingerprint density at radius 2 is 1.44 bits per heavy atom. The van der Waals surface area contributed by atoms with Crippen molar-refractivity contribution in [3.8, 4) is 5.97 Å². The summed E-state index contributed by atoms with van der Waals surface area (Å²) in [6.45, 7) is 33.2. The molecule has 41 heavy (non-hydrogen) atoms. The molecule has 2 nitrogen and oxygen atoms in total. The minimum atomic E-state index is 0.211. The van der Waals surface area contributed by atoms with Crippen LogP contribution in [0.4, 0.5) is 0 Å². The molecule has 0 saturated carbocycles. The second kappa shape index (κ2) is 28.7. The van der Waals surface area contributed by atoms with Gasteiger partial charge in [-0.15, -0.1) is 6.58 Å². The average molecular weight is 559 g/mol. The van der Waals surface area contributed by atoms with Gasteiger partial charge in [0.15, 0.2) is 0 Å². The van der Waals surface area contributed by atoms with E-state index < -0.39 is 0 Å². The molecule has 0 saturated heterocycles. The van der Waals surface area contributed by atoms with Gasteiger partial charge in [0.1, 0.15) is 0 Å². The topological polar surface area (TPSA) is 35.8 Å². The third kappa shape index (κ3) is 28.5. The van der Waals surface area contributed by atoms with E-state index in [-0.39, 0.29) is 6.71 Å². The van der Waals surface area contributed by atoms with Crippen molar-refractivity contribution in [2.75, 3.05) is 13.6 Å². The minimum Gasteiger partial charge on any atom is -0.319 e. The molecule has 2 unspecified atom stereocenters. The molecule has 2 aromatic rings. The Bertz CT molecular complexity index is 936. The van der Waals surface area contributed by atoms with E-state index in [1.54, 1.807) is 6.08 Å². The van der Waals surface area contributed by atoms with Crippen LogP contribution in [-0.2, 0) is 6.42 Å². The molecule has 0 fully saturated rings. The van der Waals surface area contributed by atoms with E-state index >= 15 is 0 Å². The van der Waals surface area contributed by atoms with Gasteiger partial charge in [-0.2, -0.15) is 0 Å². The smallest absolute Gasteiger partial charge is 0.267 e. The molecule has 3 heteroatoms. The van der Waals surface area contributed by atoms with Crippen molar-refractivity contribution < 1.29 is 0 Å². The first-order valence-corrected chi connectivity index (χ1v) is 15.3. The monoisotopic (exact) mass is 559 g/mol. The van der Waals surface area contributed by atoms with Gasteiger partial charge in [-0.05, 0) is 70.5 Å². The molecule has 0 radical (unpaired) electrons. The van der Waals surface area contributed by atoms with Gasteiger partial charge in [-0.25, -0.2) is 5.26 Å². The van der Waals surface area contributed by atoms with Crippen molar-refractivity contribution in [3.63, 3.8) is 0 Å². The number of benzene rings is 2. The van der Waals surface area contributed by atoms with Gasteiger partial charge < -0.3 is 5.32 Å². The maximum absolute atomic E-state index is 8.57. The number of nitriles is 1. The Balaban J connectivity index is -0.000000457. The van der Waals surface area contributed by atoms with Gasteiger partial charge in [0.2, 0.25) is 0 Å². The largest absolute Gasteiger partial charge is 0.319 e. The molecule has 0 amide bonds. The average Bonchev–Trinajstić information content (AvgIpc) is 2.94. The normalized spacial score (nSPS) is 10.7. The quantitative estimate of drug-likeness (QED) is 0.232. The van der Waals surface area contributed by atoms with E-state index in [1.165, 1.54) is 47.1 Å². The summed E-state index contributed by atoms with van der Waals surface area (Å²) in [4.78, 5) is 0. The molecule has 0 aliphatic rings. The lowest BCUT2D eigenvalue weighted by atomic mass is 9.44. The summed E-state index contributed by atoms with van der Waals surface area (Å²) in [5.74, 6) is 4.14. The predicted octanol–water partition coefficient (Wildman–Crippen LogP) is 11.2. The standard InChI is InChI=1S/C11H16.C9H10.C8H16BN.C7H15N.C3H6/c1-3-4-5-11-8-6-10(2)7-9-11;1-3-9-6-4-8(2)5-7-9;1-7(2)5-8(3)9(4)6-10;1-6(2)7(3)5-8-4;1-3-2/h6-9H,3-5H2,1-2H3;3-7H,1H2,2H3;7-8H,5H2,1-4H3;7-8H,1,5H2,2-4H3;3H,1H2,2H3. The predicted molar refractivity (Wildman–Crippen MR) is 191 cm³/mol. The fourth-order valence-corrected chi connectivity index (χ4v) is 3.39. The second-order valence-electron chi connectivity index (χ2n) is 11.4. The number of rotatable bonds is 10. The van der Waals surface area contributed by atoms with Crippen LogP contribution in [0.3, 0.4) is 0 Å². The molecule has 0 heterocycles. The third-order valence-corrected chi connectivity index (χ3v) is 6.50. The van der Waals surface area contributed by atoms with Crippen molar-refractivity contribution in [2.45, 2.75) is 101 Å². The van der Waals surface area contributed by atoms with Gasteiger partial charge in [0.25, 0.3) is 6.71 Å². The lowest BCUT2D eigenvalue weighted by molar-refractivity contribution is 0.571. The lowest BCUT2D eigenvalue weighted by Crippen LogP contribution is -2.16. The summed E-state index contributed by atoms with van der Waals surface area (Å²) in [5.41, 5.74) is 6.54. The van der Waals surface area contributed by atoms with E-state index in [4.69, 9.17) is 5.26 Å². The lowest BCUT2D eigenvalue weighted by Gasteiger charge is -2.12. The van der Waals surface area contributed by atoms with Crippen LogP contribution in [0.5, 0.6) is 0 Å². The first kappa shape index (κ1) is 42.6. The molecule has 0 aliphatic heterocycles. The molecule has 0 spiro atoms. The summed E-state index contributed by atoms with van der Waals surface area (Å²) in [5, 5.41) is 11.7. The zero-order valence-electron chi connectivity index (χ0n) is 28.7. The van der Waals surface area contributed by atoms with Crippen molar-refractivity contribution in [2.24, 2.45) is 11.8 Å². The molecule has 2 atom stereocenters. The minimum absolute atomic E-state index is 0.211. The zero-order valence-corrected chi connectivity index (χ0v) is 28.7. The molecular formula is C38H63BN2. The van der Waals surface area contributed by atoms with Gasteiger partial charge in [0, 0.05) is 12.5 Å². The number of allylic oxidation sites excluding steroid dienone is 1. The first-order valence-electron chi connectivity index (χ1n) is 15.3. The molecule has 0 bridgehead atoms. The van der Waals surface area contributed by atoms with Crippen LogP contribution in [-0.4, -0.2) is 20.3 Å². The van der Waals surface area contributed by atoms with E-state index in [2.05, 4.69) is 135 Å². The van der Waals surface area contributed by atoms with Gasteiger partial charge in [-0.3, -0.25) is 0 Å². The van der Waals surface area contributed by atoms with Crippen molar-refractivity contribution in [1.29, 1.82) is 5.26 Å². The SMILES string of the molecule is C=C(C)C(C)CNC.C=CC.C=Cc1ccc(C)cc1.CB(C#N)C(C)CC(C)C.CCCCc1ccc(C)cc1. The van der Waals surface area contributed by atoms with Gasteiger partial charge >= 0.3 is 0 Å². The summed E-state index contributed by atoms with van der Waals surface area (Å²) in [7, 11) is 1.96. The maximum Gasteiger partial charge on any atom is 0.267 e. The van der Waals surface area contributed by atoms with Crippen LogP contribution in [0, 0.1) is 36.9 Å². The second-order valence-corrected chi connectivity index (χ2v) is 11.4. The van der Waals surface area contributed by atoms with Crippen LogP contribution in [0.15, 0.2) is 79.9 Å². The summed E-state index contributed by atoms with van der Waals surface area (Å²) in [6.07, 6.45) is 8.59. The Morgan fingerprint density at radius 3 is 1.76 bits per heavy atom. The van der Waals surface area contributed by atoms with E-state index in [1.807, 2.05) is 26.9 Å². The van der Waals surface area contributed by atoms with Gasteiger partial charge in [0.05, 0.1) is 0 Å². The number of aryl methyl sites for hydroxylation is 3. The van der Waals surface area contributed by atoms with Crippen LogP contribution < -0.4 is 5.32 Å². The summed E-state index contributed by atoms with van der Waals surface area (Å²) >= 11 is 0. The molecular weight excluding hydrogens is 495 g/mol. The van der Waals surface area contributed by atoms with Crippen molar-refractivity contribution in [1.82, 2.24) is 5.32 Å². The number of hydrogen-bond donors (Lipinski definition) is 1. The van der Waals surface area contributed by atoms with Crippen LogP contribution >= 0.6 is 0 Å². The van der Waals surface area contributed by atoms with Crippen molar-refractivity contribution in [3.05, 3.63) is 102 Å². The fourth-order valence-electron chi connectivity index (χ4n) is 3.39. The van der Waals surface area contributed by atoms with Gasteiger partial charge in [-0.1, -0.05) is 151 Å². The number of unbranched alkanes of at least 4 members (excludes halogenated alkanes) is 1. The molecule has 2 rings (SSSR count). The fraction of sp³-hybridized carbons (Fsp3) is 0.500. The molecule has 0 aliphatic carbocycles. The Morgan fingerprint density at radius 1 is 0.976 bits per heavy atom. The van der Waals surface area contributed by atoms with Crippen LogP contribution in [0.2, 0.25) is 12.6 Å². The molecule has 1 N–H and O–H groups in total. The highest BCUT2D eigenvalue weighted by atomic mass is 14.8. The maximum atomic E-state index is 8.57. The first-order chi connectivity index (χ1) is 19.3. The number of nitrogens with one attached hydrogen (secondary N) is 1. The van der Waals surface area contributed by atoms with Crippen LogP contribution in [0.25, 0.3) is 6.08 Å². The van der Waals surface area contributed by atoms with E-state index in [9.17, 15) is 0 Å². The van der Waals surface area contributed by atoms with E-state index in [0.717, 1.165) is 13.0 Å². The summed E-state index contributed by atoms with van der Waals surface area (Å²) < 4.78 is 0.